The van der Waals surface area contributed by atoms with Gasteiger partial charge in [-0.2, -0.15) is 5.26 Å². The van der Waals surface area contributed by atoms with E-state index in [0.717, 1.165) is 39.3 Å². The second-order valence-corrected chi connectivity index (χ2v) is 7.19. The van der Waals surface area contributed by atoms with Crippen LogP contribution in [0.2, 0.25) is 0 Å². The number of hydrogen-bond donors (Lipinski definition) is 1. The smallest absolute Gasteiger partial charge is 0.266 e. The van der Waals surface area contributed by atoms with Crippen LogP contribution in [0.1, 0.15) is 53.5 Å². The lowest BCUT2D eigenvalue weighted by atomic mass is 10.0. The van der Waals surface area contributed by atoms with Crippen molar-refractivity contribution >= 4 is 17.7 Å². The van der Waals surface area contributed by atoms with Crippen LogP contribution in [0.15, 0.2) is 23.8 Å². The highest BCUT2D eigenvalue weighted by atomic mass is 16.1. The van der Waals surface area contributed by atoms with Crippen molar-refractivity contribution in [3.63, 3.8) is 0 Å². The molecule has 0 unspecified atom stereocenters. The summed E-state index contributed by atoms with van der Waals surface area (Å²) in [5.74, 6) is -0.378. The molecule has 0 radical (unpaired) electrons. The van der Waals surface area contributed by atoms with Crippen molar-refractivity contribution < 1.29 is 4.79 Å². The maximum atomic E-state index is 12.7. The maximum absolute atomic E-state index is 12.7. The Morgan fingerprint density at radius 1 is 1.12 bits per heavy atom. The molecule has 0 aliphatic rings. The van der Waals surface area contributed by atoms with Gasteiger partial charge in [0, 0.05) is 23.1 Å². The van der Waals surface area contributed by atoms with Crippen LogP contribution in [0.3, 0.4) is 0 Å². The molecule has 0 saturated heterocycles. The van der Waals surface area contributed by atoms with E-state index in [1.165, 1.54) is 0 Å². The molecule has 136 valence electrons. The molecule has 26 heavy (non-hydrogen) atoms. The molecule has 1 heterocycles. The molecule has 1 aromatic heterocycles. The third-order valence-electron chi connectivity index (χ3n) is 4.62. The Morgan fingerprint density at radius 2 is 1.69 bits per heavy atom. The van der Waals surface area contributed by atoms with E-state index in [1.807, 2.05) is 58.9 Å². The number of amides is 1. The standard InChI is InChI=1S/C22H27N3O/c1-13(2)25-17(6)10-19(18(25)7)11-20(12-23)22(26)24-21-15(4)8-14(3)9-16(21)5/h8-11,13H,1-7H3,(H,24,26)/b20-11+. The maximum Gasteiger partial charge on any atom is 0.266 e. The number of aromatic nitrogens is 1. The zero-order valence-electron chi connectivity index (χ0n) is 16.7. The molecule has 0 spiro atoms. The predicted octanol–water partition coefficient (Wildman–Crippen LogP) is 5.16. The number of nitrogens with one attached hydrogen (secondary N) is 1. The number of carbonyl (C=O) groups is 1. The van der Waals surface area contributed by atoms with Crippen molar-refractivity contribution in [3.05, 3.63) is 57.4 Å². The Bertz CT molecular complexity index is 901. The second-order valence-electron chi connectivity index (χ2n) is 7.19. The molecule has 2 rings (SSSR count). The normalized spacial score (nSPS) is 11.6. The number of hydrogen-bond acceptors (Lipinski definition) is 2. The summed E-state index contributed by atoms with van der Waals surface area (Å²) in [6, 6.07) is 8.44. The highest BCUT2D eigenvalue weighted by Crippen LogP contribution is 2.24. The summed E-state index contributed by atoms with van der Waals surface area (Å²) in [5.41, 5.74) is 7.09. The molecule has 0 bridgehead atoms. The van der Waals surface area contributed by atoms with Crippen molar-refractivity contribution in [1.82, 2.24) is 4.57 Å². The van der Waals surface area contributed by atoms with Gasteiger partial charge in [-0.25, -0.2) is 0 Å². The van der Waals surface area contributed by atoms with E-state index >= 15 is 0 Å². The first-order valence-electron chi connectivity index (χ1n) is 8.85. The number of carbonyl (C=O) groups excluding carboxylic acids is 1. The Balaban J connectivity index is 2.38. The van der Waals surface area contributed by atoms with Crippen LogP contribution < -0.4 is 5.32 Å². The third kappa shape index (κ3) is 3.88. The van der Waals surface area contributed by atoms with E-state index < -0.39 is 0 Å². The third-order valence-corrected chi connectivity index (χ3v) is 4.62. The fourth-order valence-corrected chi connectivity index (χ4v) is 3.61. The molecule has 1 N–H and O–H groups in total. The van der Waals surface area contributed by atoms with Crippen LogP contribution in [0.5, 0.6) is 0 Å². The van der Waals surface area contributed by atoms with Gasteiger partial charge >= 0.3 is 0 Å². The summed E-state index contributed by atoms with van der Waals surface area (Å²) in [6.45, 7) is 14.2. The van der Waals surface area contributed by atoms with E-state index in [2.05, 4.69) is 23.7 Å². The zero-order valence-corrected chi connectivity index (χ0v) is 16.7. The number of benzene rings is 1. The van der Waals surface area contributed by atoms with Gasteiger partial charge in [0.1, 0.15) is 11.6 Å². The summed E-state index contributed by atoms with van der Waals surface area (Å²) in [5, 5.41) is 12.4. The van der Waals surface area contributed by atoms with E-state index in [-0.39, 0.29) is 11.5 Å². The average molecular weight is 349 g/mol. The Morgan fingerprint density at radius 3 is 2.15 bits per heavy atom. The fourth-order valence-electron chi connectivity index (χ4n) is 3.61. The topological polar surface area (TPSA) is 57.8 Å². The van der Waals surface area contributed by atoms with Gasteiger partial charge in [0.15, 0.2) is 0 Å². The minimum atomic E-state index is -0.378. The van der Waals surface area contributed by atoms with Crippen LogP contribution in [-0.4, -0.2) is 10.5 Å². The molecule has 1 amide bonds. The first-order chi connectivity index (χ1) is 12.1. The lowest BCUT2D eigenvalue weighted by molar-refractivity contribution is -0.112. The van der Waals surface area contributed by atoms with Crippen molar-refractivity contribution in [2.75, 3.05) is 5.32 Å². The Kier molecular flexibility index (Phi) is 5.72. The summed E-state index contributed by atoms with van der Waals surface area (Å²) < 4.78 is 2.20. The van der Waals surface area contributed by atoms with Gasteiger partial charge in [-0.3, -0.25) is 4.79 Å². The molecule has 2 aromatic rings. The van der Waals surface area contributed by atoms with E-state index in [0.29, 0.717) is 6.04 Å². The first kappa shape index (κ1) is 19.5. The summed E-state index contributed by atoms with van der Waals surface area (Å²) in [7, 11) is 0. The van der Waals surface area contributed by atoms with Crippen molar-refractivity contribution in [2.24, 2.45) is 0 Å². The van der Waals surface area contributed by atoms with Crippen molar-refractivity contribution in [2.45, 2.75) is 54.5 Å². The van der Waals surface area contributed by atoms with Gasteiger partial charge in [0.05, 0.1) is 0 Å². The van der Waals surface area contributed by atoms with E-state index in [4.69, 9.17) is 0 Å². The first-order valence-corrected chi connectivity index (χ1v) is 8.85. The van der Waals surface area contributed by atoms with Gasteiger partial charge in [0.2, 0.25) is 0 Å². The Hall–Kier alpha value is -2.80. The average Bonchev–Trinajstić information content (AvgIpc) is 2.82. The minimum absolute atomic E-state index is 0.105. The van der Waals surface area contributed by atoms with Crippen LogP contribution in [0.25, 0.3) is 6.08 Å². The fraction of sp³-hybridized carbons (Fsp3) is 0.364. The van der Waals surface area contributed by atoms with Crippen LogP contribution in [-0.2, 0) is 4.79 Å². The molecule has 0 aliphatic carbocycles. The van der Waals surface area contributed by atoms with Gasteiger partial charge in [-0.05, 0) is 77.3 Å². The van der Waals surface area contributed by atoms with Gasteiger partial charge in [-0.15, -0.1) is 0 Å². The molecule has 1 aromatic carbocycles. The number of anilines is 1. The van der Waals surface area contributed by atoms with Gasteiger partial charge < -0.3 is 9.88 Å². The lowest BCUT2D eigenvalue weighted by Crippen LogP contribution is -2.15. The predicted molar refractivity (Wildman–Crippen MR) is 107 cm³/mol. The number of nitrogens with zero attached hydrogens (tertiary/aromatic N) is 2. The summed E-state index contributed by atoms with van der Waals surface area (Å²) in [6.07, 6.45) is 1.68. The number of aryl methyl sites for hydroxylation is 4. The van der Waals surface area contributed by atoms with E-state index in [9.17, 15) is 10.1 Å². The summed E-state index contributed by atoms with van der Waals surface area (Å²) in [4.78, 5) is 12.7. The second kappa shape index (κ2) is 7.61. The van der Waals surface area contributed by atoms with Crippen LogP contribution >= 0.6 is 0 Å². The van der Waals surface area contributed by atoms with Crippen LogP contribution in [0.4, 0.5) is 5.69 Å². The van der Waals surface area contributed by atoms with Crippen molar-refractivity contribution in [3.8, 4) is 6.07 Å². The zero-order chi connectivity index (χ0) is 19.6. The van der Waals surface area contributed by atoms with Crippen LogP contribution in [0, 0.1) is 45.9 Å². The molecule has 0 saturated carbocycles. The number of nitriles is 1. The minimum Gasteiger partial charge on any atom is -0.346 e. The Labute approximate surface area is 156 Å². The molecule has 0 atom stereocenters. The lowest BCUT2D eigenvalue weighted by Gasteiger charge is -2.13. The molecule has 4 nitrogen and oxygen atoms in total. The van der Waals surface area contributed by atoms with Gasteiger partial charge in [0.25, 0.3) is 5.91 Å². The molecule has 4 heteroatoms. The monoisotopic (exact) mass is 349 g/mol. The highest BCUT2D eigenvalue weighted by molar-refractivity contribution is 6.10. The highest BCUT2D eigenvalue weighted by Gasteiger charge is 2.15. The molecular weight excluding hydrogens is 322 g/mol. The molecule has 0 aliphatic heterocycles. The molecule has 0 fully saturated rings. The molecular formula is C22H27N3O. The van der Waals surface area contributed by atoms with Gasteiger partial charge in [-0.1, -0.05) is 17.7 Å². The number of rotatable bonds is 4. The SMILES string of the molecule is Cc1cc(C)c(NC(=O)/C(C#N)=C/c2cc(C)n(C(C)C)c2C)c(C)c1. The summed E-state index contributed by atoms with van der Waals surface area (Å²) >= 11 is 0. The van der Waals surface area contributed by atoms with E-state index in [1.54, 1.807) is 6.08 Å². The van der Waals surface area contributed by atoms with Crippen molar-refractivity contribution in [1.29, 1.82) is 5.26 Å². The largest absolute Gasteiger partial charge is 0.346 e. The quantitative estimate of drug-likeness (QED) is 0.612.